The molecule has 0 aromatic heterocycles. The average molecular weight is 450 g/mol. The minimum Gasteiger partial charge on any atom is -0.348 e. The number of amides is 1. The van der Waals surface area contributed by atoms with Gasteiger partial charge in [0.05, 0.1) is 28.9 Å². The summed E-state index contributed by atoms with van der Waals surface area (Å²) >= 11 is 17.7. The van der Waals surface area contributed by atoms with Crippen LogP contribution in [0.3, 0.4) is 0 Å². The standard InChI is InChI=1S/C18H19Cl3N2O3S/c1-12(14-4-6-15(19)7-5-14)22-18(24)11-23(27(2,25)26)10-13-3-8-16(20)17(21)9-13/h3-9,12H,10-11H2,1-2H3,(H,22,24)/t12-/m1/s1. The lowest BCUT2D eigenvalue weighted by Crippen LogP contribution is -2.40. The van der Waals surface area contributed by atoms with Crippen LogP contribution in [0.4, 0.5) is 0 Å². The van der Waals surface area contributed by atoms with Crippen LogP contribution in [0.15, 0.2) is 42.5 Å². The number of nitrogens with zero attached hydrogens (tertiary/aromatic N) is 1. The maximum Gasteiger partial charge on any atom is 0.235 e. The van der Waals surface area contributed by atoms with Gasteiger partial charge in [-0.3, -0.25) is 4.79 Å². The lowest BCUT2D eigenvalue weighted by Gasteiger charge is -2.21. The minimum atomic E-state index is -3.61. The van der Waals surface area contributed by atoms with E-state index in [-0.39, 0.29) is 19.1 Å². The summed E-state index contributed by atoms with van der Waals surface area (Å²) < 4.78 is 25.3. The fourth-order valence-electron chi connectivity index (χ4n) is 2.41. The van der Waals surface area contributed by atoms with Gasteiger partial charge in [-0.2, -0.15) is 4.31 Å². The average Bonchev–Trinajstić information content (AvgIpc) is 2.57. The monoisotopic (exact) mass is 448 g/mol. The molecule has 1 N–H and O–H groups in total. The molecule has 0 heterocycles. The van der Waals surface area contributed by atoms with Crippen LogP contribution in [-0.4, -0.2) is 31.4 Å². The van der Waals surface area contributed by atoms with Crippen molar-refractivity contribution in [1.29, 1.82) is 0 Å². The van der Waals surface area contributed by atoms with Gasteiger partial charge in [0.2, 0.25) is 15.9 Å². The number of halogens is 3. The van der Waals surface area contributed by atoms with E-state index in [9.17, 15) is 13.2 Å². The van der Waals surface area contributed by atoms with Crippen LogP contribution in [0.1, 0.15) is 24.1 Å². The Morgan fingerprint density at radius 2 is 1.70 bits per heavy atom. The highest BCUT2D eigenvalue weighted by atomic mass is 35.5. The highest BCUT2D eigenvalue weighted by Crippen LogP contribution is 2.23. The Kier molecular flexibility index (Phi) is 7.54. The second-order valence-corrected chi connectivity index (χ2v) is 9.35. The molecule has 9 heteroatoms. The van der Waals surface area contributed by atoms with Gasteiger partial charge in [-0.05, 0) is 42.3 Å². The summed E-state index contributed by atoms with van der Waals surface area (Å²) in [4.78, 5) is 12.4. The van der Waals surface area contributed by atoms with E-state index >= 15 is 0 Å². The van der Waals surface area contributed by atoms with Crippen molar-refractivity contribution in [2.24, 2.45) is 0 Å². The number of nitrogens with one attached hydrogen (secondary N) is 1. The van der Waals surface area contributed by atoms with Gasteiger partial charge in [0, 0.05) is 11.6 Å². The molecule has 0 aliphatic carbocycles. The maximum atomic E-state index is 12.4. The Morgan fingerprint density at radius 1 is 1.07 bits per heavy atom. The van der Waals surface area contributed by atoms with Crippen molar-refractivity contribution in [3.63, 3.8) is 0 Å². The second kappa shape index (κ2) is 9.26. The Balaban J connectivity index is 2.07. The molecule has 1 amide bonds. The molecule has 2 rings (SSSR count). The number of carbonyl (C=O) groups is 1. The first-order chi connectivity index (χ1) is 12.6. The Morgan fingerprint density at radius 3 is 2.26 bits per heavy atom. The normalized spacial score (nSPS) is 12.8. The summed E-state index contributed by atoms with van der Waals surface area (Å²) in [5.41, 5.74) is 1.50. The molecule has 0 fully saturated rings. The van der Waals surface area contributed by atoms with Crippen LogP contribution < -0.4 is 5.32 Å². The number of carbonyl (C=O) groups excluding carboxylic acids is 1. The van der Waals surface area contributed by atoms with E-state index in [0.717, 1.165) is 16.1 Å². The highest BCUT2D eigenvalue weighted by molar-refractivity contribution is 7.88. The van der Waals surface area contributed by atoms with Crippen LogP contribution in [-0.2, 0) is 21.4 Å². The van der Waals surface area contributed by atoms with E-state index in [0.29, 0.717) is 20.6 Å². The predicted molar refractivity (Wildman–Crippen MR) is 110 cm³/mol. The molecule has 0 bridgehead atoms. The summed E-state index contributed by atoms with van der Waals surface area (Å²) in [6.45, 7) is 1.51. The Hall–Kier alpha value is -1.31. The van der Waals surface area contributed by atoms with Gasteiger partial charge in [-0.25, -0.2) is 8.42 Å². The number of benzene rings is 2. The van der Waals surface area contributed by atoms with Gasteiger partial charge in [-0.15, -0.1) is 0 Å². The molecule has 2 aromatic carbocycles. The van der Waals surface area contributed by atoms with Crippen LogP contribution in [0, 0.1) is 0 Å². The molecule has 0 radical (unpaired) electrons. The summed E-state index contributed by atoms with van der Waals surface area (Å²) in [5.74, 6) is -0.414. The third-order valence-corrected chi connectivity index (χ3v) is 6.07. The summed E-state index contributed by atoms with van der Waals surface area (Å²) in [7, 11) is -3.61. The predicted octanol–water partition coefficient (Wildman–Crippen LogP) is 4.29. The fourth-order valence-corrected chi connectivity index (χ4v) is 3.60. The molecule has 146 valence electrons. The molecule has 0 saturated carbocycles. The van der Waals surface area contributed by atoms with E-state index in [1.807, 2.05) is 6.92 Å². The van der Waals surface area contributed by atoms with Crippen LogP contribution in [0.5, 0.6) is 0 Å². The number of hydrogen-bond donors (Lipinski definition) is 1. The Bertz CT molecular complexity index is 918. The molecule has 0 aliphatic rings. The zero-order chi connectivity index (χ0) is 20.2. The first-order valence-electron chi connectivity index (χ1n) is 8.00. The van der Waals surface area contributed by atoms with Crippen molar-refractivity contribution < 1.29 is 13.2 Å². The van der Waals surface area contributed by atoms with E-state index in [1.54, 1.807) is 42.5 Å². The van der Waals surface area contributed by atoms with Crippen molar-refractivity contribution in [2.75, 3.05) is 12.8 Å². The molecule has 0 aliphatic heterocycles. The highest BCUT2D eigenvalue weighted by Gasteiger charge is 2.22. The molecule has 2 aromatic rings. The molecule has 0 saturated heterocycles. The van der Waals surface area contributed by atoms with Crippen molar-refractivity contribution >= 4 is 50.7 Å². The third-order valence-electron chi connectivity index (χ3n) is 3.88. The van der Waals surface area contributed by atoms with Crippen molar-refractivity contribution in [2.45, 2.75) is 19.5 Å². The summed E-state index contributed by atoms with van der Waals surface area (Å²) in [6.07, 6.45) is 1.06. The third kappa shape index (κ3) is 6.66. The molecular formula is C18H19Cl3N2O3S. The number of sulfonamides is 1. The number of rotatable bonds is 7. The van der Waals surface area contributed by atoms with Gasteiger partial charge in [0.1, 0.15) is 0 Å². The van der Waals surface area contributed by atoms with Crippen LogP contribution in [0.25, 0.3) is 0 Å². The van der Waals surface area contributed by atoms with Gasteiger partial charge >= 0.3 is 0 Å². The topological polar surface area (TPSA) is 66.5 Å². The molecular weight excluding hydrogens is 431 g/mol. The first-order valence-corrected chi connectivity index (χ1v) is 11.0. The fraction of sp³-hybridized carbons (Fsp3) is 0.278. The van der Waals surface area contributed by atoms with E-state index in [4.69, 9.17) is 34.8 Å². The lowest BCUT2D eigenvalue weighted by molar-refractivity contribution is -0.122. The summed E-state index contributed by atoms with van der Waals surface area (Å²) in [6, 6.07) is 11.6. The van der Waals surface area contributed by atoms with Crippen LogP contribution >= 0.6 is 34.8 Å². The SMILES string of the molecule is C[C@@H](NC(=O)CN(Cc1ccc(Cl)c(Cl)c1)S(C)(=O)=O)c1ccc(Cl)cc1. The maximum absolute atomic E-state index is 12.4. The van der Waals surface area contributed by atoms with Crippen molar-refractivity contribution in [3.05, 3.63) is 68.7 Å². The minimum absolute atomic E-state index is 0.0124. The van der Waals surface area contributed by atoms with Crippen molar-refractivity contribution in [3.8, 4) is 0 Å². The van der Waals surface area contributed by atoms with E-state index in [2.05, 4.69) is 5.32 Å². The zero-order valence-corrected chi connectivity index (χ0v) is 17.8. The van der Waals surface area contributed by atoms with Gasteiger partial charge in [0.25, 0.3) is 0 Å². The quantitative estimate of drug-likeness (QED) is 0.686. The Labute approximate surface area is 174 Å². The molecule has 0 unspecified atom stereocenters. The van der Waals surface area contributed by atoms with Crippen LogP contribution in [0.2, 0.25) is 15.1 Å². The van der Waals surface area contributed by atoms with E-state index < -0.39 is 15.9 Å². The summed E-state index contributed by atoms with van der Waals surface area (Å²) in [5, 5.41) is 4.09. The number of hydrogen-bond acceptors (Lipinski definition) is 3. The van der Waals surface area contributed by atoms with Crippen molar-refractivity contribution in [1.82, 2.24) is 9.62 Å². The molecule has 27 heavy (non-hydrogen) atoms. The van der Waals surface area contributed by atoms with E-state index in [1.165, 1.54) is 0 Å². The molecule has 5 nitrogen and oxygen atoms in total. The second-order valence-electron chi connectivity index (χ2n) is 6.12. The van der Waals surface area contributed by atoms with Gasteiger partial charge in [-0.1, -0.05) is 53.0 Å². The molecule has 0 spiro atoms. The zero-order valence-electron chi connectivity index (χ0n) is 14.7. The molecule has 1 atom stereocenters. The van der Waals surface area contributed by atoms with Gasteiger partial charge in [0.15, 0.2) is 0 Å². The smallest absolute Gasteiger partial charge is 0.235 e. The lowest BCUT2D eigenvalue weighted by atomic mass is 10.1. The largest absolute Gasteiger partial charge is 0.348 e. The first kappa shape index (κ1) is 22.0. The van der Waals surface area contributed by atoms with Gasteiger partial charge < -0.3 is 5.32 Å².